The van der Waals surface area contributed by atoms with Crippen molar-refractivity contribution in [3.05, 3.63) is 47.8 Å². The monoisotopic (exact) mass is 321 g/mol. The summed E-state index contributed by atoms with van der Waals surface area (Å²) < 4.78 is 5.63. The second-order valence-electron chi connectivity index (χ2n) is 5.87. The van der Waals surface area contributed by atoms with Crippen LogP contribution in [0.5, 0.6) is 5.75 Å². The quantitative estimate of drug-likeness (QED) is 0.911. The number of aromatic nitrogens is 3. The first-order valence-corrected chi connectivity index (χ1v) is 8.11. The summed E-state index contributed by atoms with van der Waals surface area (Å²) in [4.78, 5) is 4.63. The molecule has 0 aliphatic carbocycles. The molecular weight excluding hydrogens is 302 g/mol. The first-order chi connectivity index (χ1) is 11.8. The van der Waals surface area contributed by atoms with Crippen LogP contribution in [0, 0.1) is 0 Å². The molecule has 6 nitrogen and oxygen atoms in total. The maximum absolute atomic E-state index is 5.63. The van der Waals surface area contributed by atoms with E-state index in [-0.39, 0.29) is 0 Å². The maximum Gasteiger partial charge on any atom is 0.142 e. The first kappa shape index (κ1) is 14.7. The number of aromatic amines is 1. The molecule has 6 heteroatoms. The summed E-state index contributed by atoms with van der Waals surface area (Å²) in [5, 5.41) is 14.8. The highest BCUT2D eigenvalue weighted by atomic mass is 16.5. The number of nitrogens with zero attached hydrogens (tertiary/aromatic N) is 3. The molecule has 0 spiro atoms. The van der Waals surface area contributed by atoms with Gasteiger partial charge in [-0.2, -0.15) is 15.4 Å². The lowest BCUT2D eigenvalue weighted by atomic mass is 10.0. The van der Waals surface area contributed by atoms with Gasteiger partial charge in [-0.3, -0.25) is 4.99 Å². The van der Waals surface area contributed by atoms with Gasteiger partial charge >= 0.3 is 0 Å². The van der Waals surface area contributed by atoms with Crippen molar-refractivity contribution in [1.82, 2.24) is 15.4 Å². The number of ether oxygens (including phenoxy) is 1. The Kier molecular flexibility index (Phi) is 3.86. The minimum atomic E-state index is 0.647. The number of hydrogen-bond donors (Lipinski definition) is 2. The van der Waals surface area contributed by atoms with Gasteiger partial charge in [-0.05, 0) is 37.6 Å². The Morgan fingerprint density at radius 2 is 2.21 bits per heavy atom. The van der Waals surface area contributed by atoms with Crippen LogP contribution in [0.25, 0.3) is 11.3 Å². The van der Waals surface area contributed by atoms with Gasteiger partial charge in [-0.25, -0.2) is 0 Å². The van der Waals surface area contributed by atoms with E-state index in [0.717, 1.165) is 52.8 Å². The van der Waals surface area contributed by atoms with Crippen molar-refractivity contribution in [3.63, 3.8) is 0 Å². The number of H-pyrrole nitrogens is 1. The van der Waals surface area contributed by atoms with Crippen LogP contribution in [0.1, 0.15) is 19.0 Å². The van der Waals surface area contributed by atoms with Crippen molar-refractivity contribution >= 4 is 11.4 Å². The fourth-order valence-corrected chi connectivity index (χ4v) is 2.92. The zero-order chi connectivity index (χ0) is 16.4. The van der Waals surface area contributed by atoms with Crippen LogP contribution in [0.15, 0.2) is 47.1 Å². The van der Waals surface area contributed by atoms with Crippen molar-refractivity contribution < 1.29 is 4.74 Å². The lowest BCUT2D eigenvalue weighted by molar-refractivity contribution is 0.323. The van der Waals surface area contributed by atoms with Crippen LogP contribution in [0.2, 0.25) is 0 Å². The molecule has 0 amide bonds. The summed E-state index contributed by atoms with van der Waals surface area (Å²) in [6.07, 6.45) is 7.86. The Bertz CT molecular complexity index is 847. The predicted octanol–water partition coefficient (Wildman–Crippen LogP) is 3.12. The van der Waals surface area contributed by atoms with Crippen LogP contribution in [-0.2, 0) is 6.42 Å². The lowest BCUT2D eigenvalue weighted by Crippen LogP contribution is -2.17. The molecule has 0 saturated carbocycles. The van der Waals surface area contributed by atoms with Crippen LogP contribution in [0.3, 0.4) is 0 Å². The molecule has 2 aliphatic rings. The molecule has 2 N–H and O–H groups in total. The molecule has 1 aromatic heterocycles. The third kappa shape index (κ3) is 2.95. The van der Waals surface area contributed by atoms with Crippen molar-refractivity contribution in [1.29, 1.82) is 0 Å². The molecule has 24 heavy (non-hydrogen) atoms. The van der Waals surface area contributed by atoms with Gasteiger partial charge in [0.15, 0.2) is 0 Å². The smallest absolute Gasteiger partial charge is 0.142 e. The standard InChI is InChI=1S/C18H19N5O/c1-12-4-2-3-5-14(20-12)11-16-18(22-23-21-16)13-6-7-17-15(10-13)19-8-9-24-17/h3-7,10,19H,2,8-9,11H2,1H3,(H,21,22,23). The fraction of sp³-hybridized carbons (Fsp3) is 0.278. The topological polar surface area (TPSA) is 75.2 Å². The van der Waals surface area contributed by atoms with Crippen LogP contribution in [0.4, 0.5) is 5.69 Å². The highest BCUT2D eigenvalue weighted by Crippen LogP contribution is 2.32. The van der Waals surface area contributed by atoms with Crippen molar-refractivity contribution in [2.75, 3.05) is 18.5 Å². The van der Waals surface area contributed by atoms with E-state index in [0.29, 0.717) is 13.0 Å². The average molecular weight is 321 g/mol. The lowest BCUT2D eigenvalue weighted by Gasteiger charge is -2.19. The van der Waals surface area contributed by atoms with E-state index in [4.69, 9.17) is 4.74 Å². The van der Waals surface area contributed by atoms with E-state index in [1.165, 1.54) is 0 Å². The second kappa shape index (κ2) is 6.31. The Morgan fingerprint density at radius 1 is 1.25 bits per heavy atom. The van der Waals surface area contributed by atoms with Crippen LogP contribution >= 0.6 is 0 Å². The summed E-state index contributed by atoms with van der Waals surface area (Å²) in [5.74, 6) is 0.881. The van der Waals surface area contributed by atoms with Gasteiger partial charge in [0, 0.05) is 29.9 Å². The van der Waals surface area contributed by atoms with E-state index < -0.39 is 0 Å². The summed E-state index contributed by atoms with van der Waals surface area (Å²) in [5.41, 5.74) is 5.79. The van der Waals surface area contributed by atoms with Crippen LogP contribution < -0.4 is 10.1 Å². The average Bonchev–Trinajstić information content (AvgIpc) is 2.96. The highest BCUT2D eigenvalue weighted by Gasteiger charge is 2.16. The van der Waals surface area contributed by atoms with E-state index >= 15 is 0 Å². The molecule has 0 saturated heterocycles. The third-order valence-electron chi connectivity index (χ3n) is 4.08. The molecule has 0 radical (unpaired) electrons. The number of allylic oxidation sites excluding steroid dienone is 4. The number of hydrogen-bond acceptors (Lipinski definition) is 5. The van der Waals surface area contributed by atoms with E-state index in [2.05, 4.69) is 50.0 Å². The SMILES string of the molecule is CC1=CCC=CC(Cc2n[nH]nc2-c2ccc3c(c2)NCCO3)=N1. The molecule has 0 unspecified atom stereocenters. The number of aliphatic imine (C=N–C) groups is 1. The van der Waals surface area contributed by atoms with Gasteiger partial charge in [0.1, 0.15) is 18.1 Å². The number of benzene rings is 1. The number of nitrogens with one attached hydrogen (secondary N) is 2. The molecule has 0 atom stereocenters. The maximum atomic E-state index is 5.63. The van der Waals surface area contributed by atoms with Gasteiger partial charge < -0.3 is 10.1 Å². The fourth-order valence-electron chi connectivity index (χ4n) is 2.92. The Balaban J connectivity index is 1.64. The molecule has 0 bridgehead atoms. The molecule has 122 valence electrons. The minimum Gasteiger partial charge on any atom is -0.490 e. The molecule has 0 fully saturated rings. The normalized spacial score (nSPS) is 16.4. The van der Waals surface area contributed by atoms with Crippen molar-refractivity contribution in [3.8, 4) is 17.0 Å². The molecule has 4 rings (SSSR count). The molecule has 2 aliphatic heterocycles. The van der Waals surface area contributed by atoms with Crippen molar-refractivity contribution in [2.24, 2.45) is 4.99 Å². The summed E-state index contributed by atoms with van der Waals surface area (Å²) in [6, 6.07) is 6.06. The summed E-state index contributed by atoms with van der Waals surface area (Å²) in [7, 11) is 0. The van der Waals surface area contributed by atoms with E-state index in [1.807, 2.05) is 19.1 Å². The van der Waals surface area contributed by atoms with E-state index in [9.17, 15) is 0 Å². The zero-order valence-electron chi connectivity index (χ0n) is 13.5. The Morgan fingerprint density at radius 3 is 3.17 bits per heavy atom. The van der Waals surface area contributed by atoms with Crippen molar-refractivity contribution in [2.45, 2.75) is 19.8 Å². The zero-order valence-corrected chi connectivity index (χ0v) is 13.5. The molecule has 2 aromatic rings. The van der Waals surface area contributed by atoms with Crippen LogP contribution in [-0.4, -0.2) is 34.3 Å². The van der Waals surface area contributed by atoms with Gasteiger partial charge in [-0.1, -0.05) is 12.2 Å². The largest absolute Gasteiger partial charge is 0.490 e. The molecular formula is C18H19N5O. The number of rotatable bonds is 3. The second-order valence-corrected chi connectivity index (χ2v) is 5.87. The Labute approximate surface area is 140 Å². The minimum absolute atomic E-state index is 0.647. The summed E-state index contributed by atoms with van der Waals surface area (Å²) >= 11 is 0. The number of anilines is 1. The Hall–Kier alpha value is -2.89. The van der Waals surface area contributed by atoms with Gasteiger partial charge in [0.05, 0.1) is 11.4 Å². The third-order valence-corrected chi connectivity index (χ3v) is 4.08. The van der Waals surface area contributed by atoms with Gasteiger partial charge in [0.2, 0.25) is 0 Å². The van der Waals surface area contributed by atoms with E-state index in [1.54, 1.807) is 0 Å². The molecule has 3 heterocycles. The predicted molar refractivity (Wildman–Crippen MR) is 94.5 cm³/mol. The highest BCUT2D eigenvalue weighted by molar-refractivity contribution is 5.98. The summed E-state index contributed by atoms with van der Waals surface area (Å²) in [6.45, 7) is 3.53. The first-order valence-electron chi connectivity index (χ1n) is 8.11. The van der Waals surface area contributed by atoms with Gasteiger partial charge in [-0.15, -0.1) is 0 Å². The molecule has 1 aromatic carbocycles. The number of fused-ring (bicyclic) bond motifs is 1. The van der Waals surface area contributed by atoms with Gasteiger partial charge in [0.25, 0.3) is 0 Å².